The van der Waals surface area contributed by atoms with Gasteiger partial charge in [0.15, 0.2) is 0 Å². The lowest BCUT2D eigenvalue weighted by Gasteiger charge is -2.22. The van der Waals surface area contributed by atoms with Crippen molar-refractivity contribution in [1.82, 2.24) is 9.71 Å². The number of H-pyrrole nitrogens is 1. The number of benzene rings is 2. The minimum atomic E-state index is -3.95. The molecule has 1 atom stereocenters. The molecule has 30 heavy (non-hydrogen) atoms. The molecule has 3 aromatic rings. The smallest absolute Gasteiger partial charge is 0.322 e. The number of sulfonamides is 1. The van der Waals surface area contributed by atoms with Gasteiger partial charge in [-0.2, -0.15) is 4.72 Å². The van der Waals surface area contributed by atoms with Gasteiger partial charge in [0.05, 0.1) is 4.90 Å². The molecule has 0 saturated heterocycles. The first kappa shape index (κ1) is 20.6. The van der Waals surface area contributed by atoms with E-state index in [9.17, 15) is 18.3 Å². The maximum Gasteiger partial charge on any atom is 0.322 e. The quantitative estimate of drug-likeness (QED) is 0.527. The Morgan fingerprint density at radius 3 is 2.47 bits per heavy atom. The fourth-order valence-electron chi connectivity index (χ4n) is 4.31. The van der Waals surface area contributed by atoms with E-state index >= 15 is 0 Å². The molecule has 0 radical (unpaired) electrons. The van der Waals surface area contributed by atoms with Gasteiger partial charge in [0.25, 0.3) is 0 Å². The molecule has 4 rings (SSSR count). The van der Waals surface area contributed by atoms with E-state index in [0.717, 1.165) is 34.9 Å². The average molecular weight is 427 g/mol. The van der Waals surface area contributed by atoms with Crippen LogP contribution in [0.1, 0.15) is 49.1 Å². The van der Waals surface area contributed by atoms with E-state index in [1.165, 1.54) is 19.3 Å². The van der Waals surface area contributed by atoms with Crippen molar-refractivity contribution in [2.75, 3.05) is 0 Å². The van der Waals surface area contributed by atoms with E-state index in [0.29, 0.717) is 5.92 Å². The number of hydrogen-bond donors (Lipinski definition) is 3. The summed E-state index contributed by atoms with van der Waals surface area (Å²) in [4.78, 5) is 15.0. The molecule has 0 aliphatic heterocycles. The number of rotatable bonds is 7. The van der Waals surface area contributed by atoms with Crippen LogP contribution in [0.15, 0.2) is 59.6 Å². The van der Waals surface area contributed by atoms with Gasteiger partial charge in [-0.3, -0.25) is 4.79 Å². The van der Waals surface area contributed by atoms with Crippen LogP contribution in [-0.2, 0) is 21.2 Å². The topological polar surface area (TPSA) is 99.3 Å². The summed E-state index contributed by atoms with van der Waals surface area (Å²) in [7, 11) is -3.95. The van der Waals surface area contributed by atoms with Gasteiger partial charge in [-0.15, -0.1) is 0 Å². The first-order valence-electron chi connectivity index (χ1n) is 10.3. The Kier molecular flexibility index (Phi) is 5.92. The second-order valence-corrected chi connectivity index (χ2v) is 9.69. The van der Waals surface area contributed by atoms with E-state index in [-0.39, 0.29) is 11.3 Å². The Bertz CT molecular complexity index is 1130. The molecule has 158 valence electrons. The first-order valence-corrected chi connectivity index (χ1v) is 11.8. The van der Waals surface area contributed by atoms with Crippen LogP contribution < -0.4 is 4.72 Å². The van der Waals surface area contributed by atoms with Crippen LogP contribution in [0.4, 0.5) is 0 Å². The molecule has 1 unspecified atom stereocenters. The minimum absolute atomic E-state index is 0.0543. The number of para-hydroxylation sites is 1. The molecule has 3 N–H and O–H groups in total. The predicted octanol–water partition coefficient (Wildman–Crippen LogP) is 4.19. The maximum atomic E-state index is 12.8. The number of aliphatic carboxylic acids is 1. The Morgan fingerprint density at radius 1 is 1.07 bits per heavy atom. The fraction of sp³-hybridized carbons (Fsp3) is 0.348. The van der Waals surface area contributed by atoms with Crippen molar-refractivity contribution in [1.29, 1.82) is 0 Å². The van der Waals surface area contributed by atoms with Gasteiger partial charge < -0.3 is 10.1 Å². The zero-order valence-corrected chi connectivity index (χ0v) is 17.5. The van der Waals surface area contributed by atoms with Crippen LogP contribution in [-0.4, -0.2) is 30.5 Å². The third kappa shape index (κ3) is 4.42. The number of nitrogens with one attached hydrogen (secondary N) is 2. The molecule has 0 spiro atoms. The van der Waals surface area contributed by atoms with Crippen LogP contribution in [0.2, 0.25) is 0 Å². The molecule has 1 heterocycles. The molecule has 1 fully saturated rings. The van der Waals surface area contributed by atoms with Crippen molar-refractivity contribution < 1.29 is 18.3 Å². The van der Waals surface area contributed by atoms with E-state index in [4.69, 9.17) is 0 Å². The molecule has 0 amide bonds. The Balaban J connectivity index is 1.51. The van der Waals surface area contributed by atoms with E-state index < -0.39 is 22.0 Å². The van der Waals surface area contributed by atoms with Crippen LogP contribution in [0.3, 0.4) is 0 Å². The highest BCUT2D eigenvalue weighted by molar-refractivity contribution is 7.89. The summed E-state index contributed by atoms with van der Waals surface area (Å²) < 4.78 is 28.1. The SMILES string of the molecule is O=C(O)C(Cc1c[nH]c2ccccc12)NS(=O)(=O)c1ccc(C2CCCCC2)cc1. The van der Waals surface area contributed by atoms with Gasteiger partial charge in [0, 0.05) is 23.5 Å². The van der Waals surface area contributed by atoms with Crippen molar-refractivity contribution in [3.8, 4) is 0 Å². The Morgan fingerprint density at radius 2 is 1.77 bits per heavy atom. The Labute approximate surface area is 176 Å². The van der Waals surface area contributed by atoms with Gasteiger partial charge in [0.1, 0.15) is 6.04 Å². The number of carbonyl (C=O) groups is 1. The molecular weight excluding hydrogens is 400 g/mol. The van der Waals surface area contributed by atoms with Crippen LogP contribution in [0.5, 0.6) is 0 Å². The predicted molar refractivity (Wildman–Crippen MR) is 116 cm³/mol. The van der Waals surface area contributed by atoms with Crippen molar-refractivity contribution in [2.24, 2.45) is 0 Å². The lowest BCUT2D eigenvalue weighted by molar-refractivity contribution is -0.138. The second kappa shape index (κ2) is 8.62. The van der Waals surface area contributed by atoms with Gasteiger partial charge in [0.2, 0.25) is 10.0 Å². The van der Waals surface area contributed by atoms with Crippen LogP contribution in [0, 0.1) is 0 Å². The summed E-state index contributed by atoms with van der Waals surface area (Å²) in [5, 5.41) is 10.5. The zero-order chi connectivity index (χ0) is 21.1. The zero-order valence-electron chi connectivity index (χ0n) is 16.7. The number of aromatic amines is 1. The molecule has 6 nitrogen and oxygen atoms in total. The summed E-state index contributed by atoms with van der Waals surface area (Å²) in [6.07, 6.45) is 7.74. The molecule has 1 aliphatic rings. The van der Waals surface area contributed by atoms with Crippen molar-refractivity contribution in [3.63, 3.8) is 0 Å². The standard InChI is InChI=1S/C23H26N2O4S/c26-23(27)22(14-18-15-24-21-9-5-4-8-20(18)21)25-30(28,29)19-12-10-17(11-13-19)16-6-2-1-3-7-16/h4-5,8-13,15-16,22,24-25H,1-3,6-7,14H2,(H,26,27). The lowest BCUT2D eigenvalue weighted by Crippen LogP contribution is -2.42. The Hall–Kier alpha value is -2.64. The van der Waals surface area contributed by atoms with Crippen molar-refractivity contribution >= 4 is 26.9 Å². The van der Waals surface area contributed by atoms with Gasteiger partial charge in [-0.25, -0.2) is 8.42 Å². The fourth-order valence-corrected chi connectivity index (χ4v) is 5.50. The normalized spacial score (nSPS) is 16.5. The lowest BCUT2D eigenvalue weighted by atomic mass is 9.84. The molecule has 1 aliphatic carbocycles. The molecule has 0 bridgehead atoms. The van der Waals surface area contributed by atoms with E-state index in [1.54, 1.807) is 18.3 Å². The number of fused-ring (bicyclic) bond motifs is 1. The summed E-state index contributed by atoms with van der Waals surface area (Å²) in [5.74, 6) is -0.722. The number of hydrogen-bond acceptors (Lipinski definition) is 3. The highest BCUT2D eigenvalue weighted by atomic mass is 32.2. The summed E-state index contributed by atoms with van der Waals surface area (Å²) >= 11 is 0. The van der Waals surface area contributed by atoms with E-state index in [2.05, 4.69) is 9.71 Å². The van der Waals surface area contributed by atoms with Crippen LogP contribution in [0.25, 0.3) is 10.9 Å². The average Bonchev–Trinajstić information content (AvgIpc) is 3.17. The minimum Gasteiger partial charge on any atom is -0.480 e. The molecule has 2 aromatic carbocycles. The third-order valence-corrected chi connectivity index (χ3v) is 7.45. The number of aromatic nitrogens is 1. The molecular formula is C23H26N2O4S. The molecule has 7 heteroatoms. The largest absolute Gasteiger partial charge is 0.480 e. The third-order valence-electron chi connectivity index (χ3n) is 5.96. The van der Waals surface area contributed by atoms with Crippen molar-refractivity contribution in [3.05, 3.63) is 65.9 Å². The van der Waals surface area contributed by atoms with E-state index in [1.807, 2.05) is 36.4 Å². The summed E-state index contributed by atoms with van der Waals surface area (Å²) in [6, 6.07) is 13.2. The monoisotopic (exact) mass is 426 g/mol. The highest BCUT2D eigenvalue weighted by Crippen LogP contribution is 2.33. The second-order valence-electron chi connectivity index (χ2n) is 7.98. The highest BCUT2D eigenvalue weighted by Gasteiger charge is 2.27. The maximum absolute atomic E-state index is 12.8. The number of carboxylic acid groups (broad SMARTS) is 1. The van der Waals surface area contributed by atoms with Gasteiger partial charge >= 0.3 is 5.97 Å². The molecule has 1 saturated carbocycles. The summed E-state index contributed by atoms with van der Waals surface area (Å²) in [6.45, 7) is 0. The first-order chi connectivity index (χ1) is 14.4. The summed E-state index contributed by atoms with van der Waals surface area (Å²) in [5.41, 5.74) is 2.80. The van der Waals surface area contributed by atoms with Gasteiger partial charge in [-0.1, -0.05) is 49.6 Å². The van der Waals surface area contributed by atoms with Crippen LogP contribution >= 0.6 is 0 Å². The number of carboxylic acids is 1. The van der Waals surface area contributed by atoms with Crippen molar-refractivity contribution in [2.45, 2.75) is 55.4 Å². The van der Waals surface area contributed by atoms with Gasteiger partial charge in [-0.05, 0) is 48.1 Å². The molecule has 1 aromatic heterocycles.